The van der Waals surface area contributed by atoms with Crippen LogP contribution < -0.4 is 9.47 Å². The lowest BCUT2D eigenvalue weighted by Gasteiger charge is -2.13. The van der Waals surface area contributed by atoms with Gasteiger partial charge in [-0.15, -0.1) is 0 Å². The molecular formula is C23H25NO5. The lowest BCUT2D eigenvalue weighted by molar-refractivity contribution is -0.146. The maximum atomic E-state index is 12.6. The van der Waals surface area contributed by atoms with Crippen LogP contribution in [0, 0.1) is 0 Å². The number of hydrogen-bond acceptors (Lipinski definition) is 5. The third kappa shape index (κ3) is 5.16. The summed E-state index contributed by atoms with van der Waals surface area (Å²) in [6.07, 6.45) is 1.46. The van der Waals surface area contributed by atoms with Crippen molar-refractivity contribution in [2.24, 2.45) is 0 Å². The van der Waals surface area contributed by atoms with Crippen molar-refractivity contribution >= 4 is 22.7 Å². The zero-order chi connectivity index (χ0) is 20.6. The minimum absolute atomic E-state index is 0.169. The standard InChI is InChI=1S/C23H25NO5/c1-3-27-20-11-6-7-12-21(20)28-14-8-13-22(25)29-16(2)23(26)18-15-24-19-10-5-4-9-17(18)19/h4-7,9-12,15-16,24H,3,8,13-14H2,1-2H3/t16-/m1/s1. The first-order valence-corrected chi connectivity index (χ1v) is 9.74. The molecule has 6 nitrogen and oxygen atoms in total. The minimum atomic E-state index is -0.846. The van der Waals surface area contributed by atoms with E-state index in [9.17, 15) is 9.59 Å². The number of hydrogen-bond donors (Lipinski definition) is 1. The van der Waals surface area contributed by atoms with Gasteiger partial charge >= 0.3 is 5.97 Å². The minimum Gasteiger partial charge on any atom is -0.490 e. The van der Waals surface area contributed by atoms with Crippen LogP contribution >= 0.6 is 0 Å². The van der Waals surface area contributed by atoms with Crippen molar-refractivity contribution in [1.29, 1.82) is 0 Å². The highest BCUT2D eigenvalue weighted by Gasteiger charge is 2.22. The average molecular weight is 395 g/mol. The maximum Gasteiger partial charge on any atom is 0.306 e. The van der Waals surface area contributed by atoms with Crippen molar-refractivity contribution in [2.75, 3.05) is 13.2 Å². The van der Waals surface area contributed by atoms with Gasteiger partial charge in [-0.25, -0.2) is 0 Å². The summed E-state index contributed by atoms with van der Waals surface area (Å²) in [4.78, 5) is 27.8. The predicted molar refractivity (Wildman–Crippen MR) is 111 cm³/mol. The normalized spacial score (nSPS) is 11.8. The monoisotopic (exact) mass is 395 g/mol. The van der Waals surface area contributed by atoms with Gasteiger partial charge in [-0.1, -0.05) is 30.3 Å². The molecule has 0 unspecified atom stereocenters. The maximum absolute atomic E-state index is 12.6. The number of Topliss-reactive ketones (excluding diaryl/α,β-unsaturated/α-hetero) is 1. The number of fused-ring (bicyclic) bond motifs is 1. The Morgan fingerprint density at radius 3 is 2.45 bits per heavy atom. The van der Waals surface area contributed by atoms with Crippen LogP contribution in [-0.4, -0.2) is 36.1 Å². The van der Waals surface area contributed by atoms with Crippen LogP contribution in [-0.2, 0) is 9.53 Å². The molecule has 29 heavy (non-hydrogen) atoms. The molecule has 0 saturated heterocycles. The van der Waals surface area contributed by atoms with Gasteiger partial charge in [0.05, 0.1) is 13.2 Å². The highest BCUT2D eigenvalue weighted by Crippen LogP contribution is 2.26. The molecule has 0 radical (unpaired) electrons. The molecule has 6 heteroatoms. The molecule has 1 N–H and O–H groups in total. The van der Waals surface area contributed by atoms with Gasteiger partial charge < -0.3 is 19.2 Å². The van der Waals surface area contributed by atoms with Crippen molar-refractivity contribution in [3.63, 3.8) is 0 Å². The molecule has 3 aromatic rings. The number of ether oxygens (including phenoxy) is 3. The third-order valence-corrected chi connectivity index (χ3v) is 4.46. The van der Waals surface area contributed by atoms with Crippen LogP contribution in [0.4, 0.5) is 0 Å². The van der Waals surface area contributed by atoms with E-state index in [1.54, 1.807) is 13.1 Å². The Balaban J connectivity index is 1.46. The van der Waals surface area contributed by atoms with Gasteiger partial charge in [0, 0.05) is 29.1 Å². The number of nitrogens with one attached hydrogen (secondary N) is 1. The Labute approximate surface area is 169 Å². The van der Waals surface area contributed by atoms with Gasteiger partial charge in [-0.2, -0.15) is 0 Å². The summed E-state index contributed by atoms with van der Waals surface area (Å²) in [5.74, 6) is 0.672. The summed E-state index contributed by atoms with van der Waals surface area (Å²) >= 11 is 0. The molecular weight excluding hydrogens is 370 g/mol. The van der Waals surface area contributed by atoms with Crippen LogP contribution in [0.25, 0.3) is 10.9 Å². The zero-order valence-corrected chi connectivity index (χ0v) is 16.6. The molecule has 0 fully saturated rings. The Bertz CT molecular complexity index is 978. The summed E-state index contributed by atoms with van der Waals surface area (Å²) < 4.78 is 16.5. The molecule has 0 amide bonds. The predicted octanol–water partition coefficient (Wildman–Crippen LogP) is 4.54. The smallest absolute Gasteiger partial charge is 0.306 e. The Kier molecular flexibility index (Phi) is 6.89. The van der Waals surface area contributed by atoms with Gasteiger partial charge in [0.15, 0.2) is 17.6 Å². The van der Waals surface area contributed by atoms with Gasteiger partial charge in [-0.3, -0.25) is 9.59 Å². The number of H-pyrrole nitrogens is 1. The third-order valence-electron chi connectivity index (χ3n) is 4.46. The van der Waals surface area contributed by atoms with Crippen molar-refractivity contribution in [3.8, 4) is 11.5 Å². The number of aromatic amines is 1. The second-order valence-electron chi connectivity index (χ2n) is 6.58. The highest BCUT2D eigenvalue weighted by atomic mass is 16.5. The lowest BCUT2D eigenvalue weighted by atomic mass is 10.1. The summed E-state index contributed by atoms with van der Waals surface area (Å²) in [6, 6.07) is 14.9. The van der Waals surface area contributed by atoms with E-state index >= 15 is 0 Å². The molecule has 3 rings (SSSR count). The number of para-hydroxylation sites is 3. The average Bonchev–Trinajstić information content (AvgIpc) is 3.16. The van der Waals surface area contributed by atoms with E-state index < -0.39 is 12.1 Å². The van der Waals surface area contributed by atoms with Crippen LogP contribution in [0.2, 0.25) is 0 Å². The fraction of sp³-hybridized carbons (Fsp3) is 0.304. The Hall–Kier alpha value is -3.28. The fourth-order valence-corrected chi connectivity index (χ4v) is 3.05. The van der Waals surface area contributed by atoms with Gasteiger partial charge in [-0.05, 0) is 38.5 Å². The van der Waals surface area contributed by atoms with E-state index in [4.69, 9.17) is 14.2 Å². The number of aromatic nitrogens is 1. The molecule has 0 saturated carbocycles. The number of carbonyl (C=O) groups excluding carboxylic acids is 2. The molecule has 1 aromatic heterocycles. The van der Waals surface area contributed by atoms with Gasteiger partial charge in [0.2, 0.25) is 5.78 Å². The first kappa shape index (κ1) is 20.5. The van der Waals surface area contributed by atoms with Crippen LogP contribution in [0.1, 0.15) is 37.0 Å². The van der Waals surface area contributed by atoms with Gasteiger partial charge in [0.25, 0.3) is 0 Å². The van der Waals surface area contributed by atoms with E-state index in [2.05, 4.69) is 4.98 Å². The second-order valence-corrected chi connectivity index (χ2v) is 6.58. The molecule has 0 aliphatic heterocycles. The number of esters is 1. The Morgan fingerprint density at radius 2 is 1.69 bits per heavy atom. The second kappa shape index (κ2) is 9.78. The van der Waals surface area contributed by atoms with Crippen molar-refractivity contribution < 1.29 is 23.8 Å². The molecule has 152 valence electrons. The Morgan fingerprint density at radius 1 is 1.00 bits per heavy atom. The molecule has 1 heterocycles. The van der Waals surface area contributed by atoms with E-state index in [0.29, 0.717) is 36.7 Å². The van der Waals surface area contributed by atoms with E-state index in [1.807, 2.05) is 55.5 Å². The number of carbonyl (C=O) groups is 2. The number of benzene rings is 2. The van der Waals surface area contributed by atoms with Crippen LogP contribution in [0.3, 0.4) is 0 Å². The largest absolute Gasteiger partial charge is 0.490 e. The van der Waals surface area contributed by atoms with Gasteiger partial charge in [0.1, 0.15) is 0 Å². The summed E-state index contributed by atoms with van der Waals surface area (Å²) in [7, 11) is 0. The van der Waals surface area contributed by atoms with Crippen molar-refractivity contribution in [3.05, 3.63) is 60.3 Å². The number of rotatable bonds is 10. The van der Waals surface area contributed by atoms with Crippen molar-refractivity contribution in [1.82, 2.24) is 4.98 Å². The fourth-order valence-electron chi connectivity index (χ4n) is 3.05. The molecule has 0 aliphatic carbocycles. The van der Waals surface area contributed by atoms with Crippen LogP contribution in [0.15, 0.2) is 54.7 Å². The summed E-state index contributed by atoms with van der Waals surface area (Å²) in [6.45, 7) is 4.40. The quantitative estimate of drug-likeness (QED) is 0.310. The number of ketones is 1. The summed E-state index contributed by atoms with van der Waals surface area (Å²) in [5, 5.41) is 0.821. The first-order chi connectivity index (χ1) is 14.1. The lowest BCUT2D eigenvalue weighted by Crippen LogP contribution is -2.24. The molecule has 2 aromatic carbocycles. The highest BCUT2D eigenvalue weighted by molar-refractivity contribution is 6.10. The summed E-state index contributed by atoms with van der Waals surface area (Å²) in [5.41, 5.74) is 1.40. The van der Waals surface area contributed by atoms with Crippen LogP contribution in [0.5, 0.6) is 11.5 Å². The molecule has 0 spiro atoms. The SMILES string of the molecule is CCOc1ccccc1OCCCC(=O)O[C@H](C)C(=O)c1c[nH]c2ccccc12. The molecule has 0 bridgehead atoms. The topological polar surface area (TPSA) is 77.6 Å². The van der Waals surface area contributed by atoms with E-state index in [0.717, 1.165) is 10.9 Å². The van der Waals surface area contributed by atoms with Crippen molar-refractivity contribution in [2.45, 2.75) is 32.8 Å². The van der Waals surface area contributed by atoms with E-state index in [1.165, 1.54) is 0 Å². The molecule has 1 atom stereocenters. The first-order valence-electron chi connectivity index (χ1n) is 9.74. The molecule has 0 aliphatic rings. The van der Waals surface area contributed by atoms with E-state index in [-0.39, 0.29) is 12.2 Å². The zero-order valence-electron chi connectivity index (χ0n) is 16.6.